The van der Waals surface area contributed by atoms with Gasteiger partial charge in [0.1, 0.15) is 0 Å². The van der Waals surface area contributed by atoms with E-state index in [1.165, 1.54) is 24.0 Å². The number of rotatable bonds is 2. The number of fused-ring (bicyclic) bond motifs is 1. The van der Waals surface area contributed by atoms with Gasteiger partial charge in [-0.25, -0.2) is 0 Å². The van der Waals surface area contributed by atoms with Crippen LogP contribution in [0.4, 0.5) is 0 Å². The van der Waals surface area contributed by atoms with E-state index in [2.05, 4.69) is 29.2 Å². The maximum Gasteiger partial charge on any atom is 0.254 e. The zero-order valence-corrected chi connectivity index (χ0v) is 16.1. The second-order valence-electron chi connectivity index (χ2n) is 7.86. The van der Waals surface area contributed by atoms with Crippen molar-refractivity contribution in [3.8, 4) is 0 Å². The van der Waals surface area contributed by atoms with Crippen LogP contribution in [0.15, 0.2) is 54.6 Å². The molecule has 1 aliphatic heterocycles. The minimum atomic E-state index is -0.164. The summed E-state index contributed by atoms with van der Waals surface area (Å²) >= 11 is 7.12. The zero-order chi connectivity index (χ0) is 18.1. The summed E-state index contributed by atoms with van der Waals surface area (Å²) in [7, 11) is 0. The van der Waals surface area contributed by atoms with Crippen molar-refractivity contribution in [1.29, 1.82) is 0 Å². The molecule has 2 aromatic rings. The van der Waals surface area contributed by atoms with Crippen molar-refractivity contribution in [2.75, 3.05) is 6.54 Å². The largest absolute Gasteiger partial charge is 0.331 e. The average molecular weight is 368 g/mol. The van der Waals surface area contributed by atoms with Crippen molar-refractivity contribution in [3.63, 3.8) is 0 Å². The van der Waals surface area contributed by atoms with E-state index in [0.717, 1.165) is 31.4 Å². The molecule has 2 nitrogen and oxygen atoms in total. The van der Waals surface area contributed by atoms with E-state index >= 15 is 0 Å². The van der Waals surface area contributed by atoms with Gasteiger partial charge in [0.25, 0.3) is 5.91 Å². The zero-order valence-electron chi connectivity index (χ0n) is 15.3. The Balaban J connectivity index is 1.72. The molecule has 2 fully saturated rings. The number of amides is 1. The molecule has 3 heteroatoms. The van der Waals surface area contributed by atoms with Gasteiger partial charge >= 0.3 is 0 Å². The number of piperidine rings is 1. The Labute approximate surface area is 161 Å². The average Bonchev–Trinajstić information content (AvgIpc) is 2.67. The fourth-order valence-electron chi connectivity index (χ4n) is 4.79. The highest BCUT2D eigenvalue weighted by Gasteiger charge is 2.50. The van der Waals surface area contributed by atoms with Gasteiger partial charge in [-0.3, -0.25) is 4.79 Å². The van der Waals surface area contributed by atoms with Gasteiger partial charge in [-0.05, 0) is 43.9 Å². The summed E-state index contributed by atoms with van der Waals surface area (Å²) < 4.78 is 0. The molecule has 4 rings (SSSR count). The van der Waals surface area contributed by atoms with E-state index in [0.29, 0.717) is 5.92 Å². The molecule has 26 heavy (non-hydrogen) atoms. The highest BCUT2D eigenvalue weighted by atomic mass is 35.5. The monoisotopic (exact) mass is 367 g/mol. The fourth-order valence-corrected chi connectivity index (χ4v) is 5.24. The molecule has 0 N–H and O–H groups in total. The molecular weight excluding hydrogens is 342 g/mol. The number of nitrogens with zero attached hydrogens (tertiary/aromatic N) is 1. The van der Waals surface area contributed by atoms with Gasteiger partial charge in [0, 0.05) is 18.0 Å². The molecule has 1 heterocycles. The van der Waals surface area contributed by atoms with Crippen LogP contribution in [-0.4, -0.2) is 22.2 Å². The summed E-state index contributed by atoms with van der Waals surface area (Å²) in [6.07, 6.45) is 5.46. The topological polar surface area (TPSA) is 20.3 Å². The quantitative estimate of drug-likeness (QED) is 0.619. The Bertz CT molecular complexity index is 773. The Morgan fingerprint density at radius 3 is 2.50 bits per heavy atom. The summed E-state index contributed by atoms with van der Waals surface area (Å²) in [5, 5.41) is 0. The third kappa shape index (κ3) is 3.16. The minimum Gasteiger partial charge on any atom is -0.331 e. The van der Waals surface area contributed by atoms with E-state index in [1.807, 2.05) is 37.3 Å². The van der Waals surface area contributed by atoms with Gasteiger partial charge < -0.3 is 4.90 Å². The van der Waals surface area contributed by atoms with Crippen LogP contribution < -0.4 is 0 Å². The molecule has 136 valence electrons. The number of alkyl halides is 1. The van der Waals surface area contributed by atoms with Crippen LogP contribution in [0.3, 0.4) is 0 Å². The second kappa shape index (κ2) is 7.08. The smallest absolute Gasteiger partial charge is 0.254 e. The number of carbonyl (C=O) groups excluding carboxylic acids is 1. The van der Waals surface area contributed by atoms with Crippen LogP contribution in [0.2, 0.25) is 0 Å². The summed E-state index contributed by atoms with van der Waals surface area (Å²) in [4.78, 5) is 15.3. The predicted molar refractivity (Wildman–Crippen MR) is 107 cm³/mol. The van der Waals surface area contributed by atoms with Gasteiger partial charge in [0.2, 0.25) is 0 Å². The van der Waals surface area contributed by atoms with Crippen molar-refractivity contribution in [2.24, 2.45) is 5.92 Å². The van der Waals surface area contributed by atoms with Gasteiger partial charge in [0.05, 0.1) is 10.9 Å². The van der Waals surface area contributed by atoms with E-state index in [4.69, 9.17) is 11.6 Å². The van der Waals surface area contributed by atoms with Crippen LogP contribution >= 0.6 is 11.6 Å². The predicted octanol–water partition coefficient (Wildman–Crippen LogP) is 5.75. The SMILES string of the molecule is Cc1ccc(C(=O)N2CC[C@]3(Cl)CCCC[C@H]3[C@H]2c2ccccc2)cc1. The van der Waals surface area contributed by atoms with E-state index in [-0.39, 0.29) is 16.8 Å². The fraction of sp³-hybridized carbons (Fsp3) is 0.435. The van der Waals surface area contributed by atoms with Crippen molar-refractivity contribution < 1.29 is 4.79 Å². The minimum absolute atomic E-state index is 0.0663. The standard InChI is InChI=1S/C23H26ClNO/c1-17-10-12-19(13-11-17)22(26)25-16-15-23(24)14-6-5-9-20(23)21(25)18-7-3-2-4-8-18/h2-4,7-8,10-13,20-21H,5-6,9,14-16H2,1H3/t20-,21+,23+/m0/s1. The first kappa shape index (κ1) is 17.6. The van der Waals surface area contributed by atoms with Crippen LogP contribution in [-0.2, 0) is 0 Å². The molecule has 3 atom stereocenters. The summed E-state index contributed by atoms with van der Waals surface area (Å²) in [5.74, 6) is 0.451. The third-order valence-corrected chi connectivity index (χ3v) is 6.87. The Morgan fingerprint density at radius 2 is 1.77 bits per heavy atom. The number of halogens is 1. The van der Waals surface area contributed by atoms with E-state index in [9.17, 15) is 4.79 Å². The van der Waals surface area contributed by atoms with Crippen LogP contribution in [0.5, 0.6) is 0 Å². The maximum atomic E-state index is 13.4. The molecule has 2 aromatic carbocycles. The van der Waals surface area contributed by atoms with Gasteiger partial charge in [-0.2, -0.15) is 0 Å². The van der Waals surface area contributed by atoms with Crippen molar-refractivity contribution in [3.05, 3.63) is 71.3 Å². The molecular formula is C23H26ClNO. The van der Waals surface area contributed by atoms with Crippen molar-refractivity contribution in [2.45, 2.75) is 49.9 Å². The lowest BCUT2D eigenvalue weighted by atomic mass is 9.68. The molecule has 1 saturated carbocycles. The summed E-state index contributed by atoms with van der Waals surface area (Å²) in [6, 6.07) is 18.5. The van der Waals surface area contributed by atoms with Crippen molar-refractivity contribution in [1.82, 2.24) is 4.90 Å². The number of likely N-dealkylation sites (tertiary alicyclic amines) is 1. The number of benzene rings is 2. The molecule has 0 radical (unpaired) electrons. The number of carbonyl (C=O) groups is 1. The highest BCUT2D eigenvalue weighted by molar-refractivity contribution is 6.24. The maximum absolute atomic E-state index is 13.4. The molecule has 0 aromatic heterocycles. The second-order valence-corrected chi connectivity index (χ2v) is 8.61. The van der Waals surface area contributed by atoms with Gasteiger partial charge in [-0.15, -0.1) is 11.6 Å². The van der Waals surface area contributed by atoms with E-state index in [1.54, 1.807) is 0 Å². The van der Waals surface area contributed by atoms with Crippen LogP contribution in [0, 0.1) is 12.8 Å². The molecule has 0 spiro atoms. The number of hydrogen-bond donors (Lipinski definition) is 0. The lowest BCUT2D eigenvalue weighted by Gasteiger charge is -2.52. The molecule has 1 saturated heterocycles. The normalized spacial score (nSPS) is 28.5. The van der Waals surface area contributed by atoms with Gasteiger partial charge in [0.15, 0.2) is 0 Å². The first-order valence-corrected chi connectivity index (χ1v) is 10.1. The van der Waals surface area contributed by atoms with Crippen molar-refractivity contribution >= 4 is 17.5 Å². The lowest BCUT2D eigenvalue weighted by molar-refractivity contribution is 0.0279. The van der Waals surface area contributed by atoms with Crippen LogP contribution in [0.25, 0.3) is 0 Å². The van der Waals surface area contributed by atoms with Crippen LogP contribution in [0.1, 0.15) is 59.6 Å². The Hall–Kier alpha value is -1.80. The molecule has 0 bridgehead atoms. The number of aryl methyl sites for hydroxylation is 1. The lowest BCUT2D eigenvalue weighted by Crippen LogP contribution is -2.53. The third-order valence-electron chi connectivity index (χ3n) is 6.21. The summed E-state index contributed by atoms with van der Waals surface area (Å²) in [5.41, 5.74) is 3.16. The van der Waals surface area contributed by atoms with E-state index < -0.39 is 0 Å². The number of hydrogen-bond acceptors (Lipinski definition) is 1. The first-order chi connectivity index (χ1) is 12.6. The Kier molecular flexibility index (Phi) is 4.79. The first-order valence-electron chi connectivity index (χ1n) is 9.70. The highest BCUT2D eigenvalue weighted by Crippen LogP contribution is 2.52. The summed E-state index contributed by atoms with van der Waals surface area (Å²) in [6.45, 7) is 2.78. The molecule has 0 unspecified atom stereocenters. The molecule has 1 amide bonds. The van der Waals surface area contributed by atoms with Gasteiger partial charge in [-0.1, -0.05) is 60.9 Å². The Morgan fingerprint density at radius 1 is 1.04 bits per heavy atom. The molecule has 2 aliphatic rings. The molecule has 1 aliphatic carbocycles.